The Morgan fingerprint density at radius 1 is 1.11 bits per heavy atom. The zero-order valence-electron chi connectivity index (χ0n) is 20.3. The van der Waals surface area contributed by atoms with Crippen LogP contribution in [0.2, 0.25) is 0 Å². The molecule has 5 rings (SSSR count). The van der Waals surface area contributed by atoms with Crippen LogP contribution in [-0.4, -0.2) is 59.1 Å². The number of hydrogen-bond donors (Lipinski definition) is 3. The number of rotatable bonds is 6. The van der Waals surface area contributed by atoms with Gasteiger partial charge in [0.1, 0.15) is 5.82 Å². The molecule has 10 heteroatoms. The highest BCUT2D eigenvalue weighted by atomic mass is 16.5. The minimum Gasteiger partial charge on any atom is -0.493 e. The summed E-state index contributed by atoms with van der Waals surface area (Å²) in [5, 5.41) is 15.5. The van der Waals surface area contributed by atoms with Gasteiger partial charge in [-0.1, -0.05) is 18.2 Å². The Balaban J connectivity index is 1.49. The highest BCUT2D eigenvalue weighted by Gasteiger charge is 2.18. The molecule has 1 unspecified atom stereocenters. The van der Waals surface area contributed by atoms with Gasteiger partial charge in [-0.3, -0.25) is 5.32 Å². The van der Waals surface area contributed by atoms with Gasteiger partial charge in [0.15, 0.2) is 17.3 Å². The molecule has 186 valence electrons. The summed E-state index contributed by atoms with van der Waals surface area (Å²) in [5.74, 6) is 1.87. The number of hydrogen-bond acceptors (Lipinski definition) is 7. The largest absolute Gasteiger partial charge is 0.493 e. The van der Waals surface area contributed by atoms with Crippen molar-refractivity contribution in [2.45, 2.75) is 25.3 Å². The Morgan fingerprint density at radius 2 is 1.94 bits per heavy atom. The number of aromatic nitrogens is 4. The Bertz CT molecular complexity index is 1410. The van der Waals surface area contributed by atoms with Crippen molar-refractivity contribution in [2.75, 3.05) is 32.6 Å². The normalized spacial score (nSPS) is 16.2. The maximum absolute atomic E-state index is 12.9. The number of carbonyl (C=O) groups excluding carboxylic acids is 1. The van der Waals surface area contributed by atoms with E-state index >= 15 is 0 Å². The number of anilines is 1. The second kappa shape index (κ2) is 10.6. The van der Waals surface area contributed by atoms with Crippen LogP contribution in [0.1, 0.15) is 25.1 Å². The van der Waals surface area contributed by atoms with Crippen LogP contribution in [-0.2, 0) is 0 Å². The summed E-state index contributed by atoms with van der Waals surface area (Å²) < 4.78 is 12.7. The lowest BCUT2D eigenvalue weighted by molar-refractivity contribution is 0.247. The summed E-state index contributed by atoms with van der Waals surface area (Å²) in [6.07, 6.45) is 8.20. The van der Waals surface area contributed by atoms with Gasteiger partial charge in [-0.05, 0) is 44.5 Å². The van der Waals surface area contributed by atoms with E-state index in [0.717, 1.165) is 43.3 Å². The van der Waals surface area contributed by atoms with Crippen molar-refractivity contribution >= 4 is 45.9 Å². The number of nitrogens with zero attached hydrogens (tertiary/aromatic N) is 4. The predicted octanol–water partition coefficient (Wildman–Crippen LogP) is 3.89. The molecule has 0 radical (unpaired) electrons. The number of fused-ring (bicyclic) bond motifs is 2. The monoisotopic (exact) mass is 487 g/mol. The Hall–Kier alpha value is -4.18. The van der Waals surface area contributed by atoms with Crippen molar-refractivity contribution < 1.29 is 14.3 Å². The first-order valence-electron chi connectivity index (χ1n) is 12.0. The zero-order valence-corrected chi connectivity index (χ0v) is 20.3. The summed E-state index contributed by atoms with van der Waals surface area (Å²) in [6.45, 7) is 1.86. The van der Waals surface area contributed by atoms with Crippen molar-refractivity contribution in [3.05, 3.63) is 48.4 Å². The summed E-state index contributed by atoms with van der Waals surface area (Å²) in [4.78, 5) is 22.2. The van der Waals surface area contributed by atoms with Gasteiger partial charge in [0, 0.05) is 35.2 Å². The molecule has 1 aliphatic heterocycles. The molecule has 1 aliphatic rings. The molecular weight excluding hydrogens is 458 g/mol. The Labute approximate surface area is 208 Å². The Morgan fingerprint density at radius 3 is 2.81 bits per heavy atom. The number of ether oxygens (including phenoxy) is 2. The molecule has 36 heavy (non-hydrogen) atoms. The van der Waals surface area contributed by atoms with Gasteiger partial charge in [0.2, 0.25) is 0 Å². The average molecular weight is 488 g/mol. The van der Waals surface area contributed by atoms with Gasteiger partial charge in [-0.2, -0.15) is 5.10 Å². The average Bonchev–Trinajstić information content (AvgIpc) is 3.14. The fraction of sp³-hybridized carbons (Fsp3) is 0.308. The first-order valence-corrected chi connectivity index (χ1v) is 12.0. The highest BCUT2D eigenvalue weighted by Crippen LogP contribution is 2.34. The van der Waals surface area contributed by atoms with Crippen molar-refractivity contribution in [3.63, 3.8) is 0 Å². The van der Waals surface area contributed by atoms with E-state index in [-0.39, 0.29) is 12.1 Å². The molecule has 1 saturated heterocycles. The van der Waals surface area contributed by atoms with Crippen LogP contribution in [0, 0.1) is 0 Å². The van der Waals surface area contributed by atoms with E-state index in [1.807, 2.05) is 24.3 Å². The molecule has 1 fully saturated rings. The van der Waals surface area contributed by atoms with E-state index in [1.54, 1.807) is 49.5 Å². The molecule has 10 nitrogen and oxygen atoms in total. The third-order valence-electron chi connectivity index (χ3n) is 6.23. The van der Waals surface area contributed by atoms with E-state index in [9.17, 15) is 4.79 Å². The van der Waals surface area contributed by atoms with E-state index in [2.05, 4.69) is 31.0 Å². The van der Waals surface area contributed by atoms with Gasteiger partial charge in [-0.15, -0.1) is 0 Å². The molecule has 0 spiro atoms. The number of amides is 2. The minimum atomic E-state index is -0.301. The number of nitrogens with one attached hydrogen (secondary N) is 3. The summed E-state index contributed by atoms with van der Waals surface area (Å²) in [5.41, 5.74) is 1.58. The number of carbonyl (C=O) groups is 1. The van der Waals surface area contributed by atoms with Crippen molar-refractivity contribution in [1.29, 1.82) is 0 Å². The van der Waals surface area contributed by atoms with E-state index in [0.29, 0.717) is 34.0 Å². The van der Waals surface area contributed by atoms with Crippen molar-refractivity contribution in [3.8, 4) is 11.5 Å². The molecule has 3 heterocycles. The summed E-state index contributed by atoms with van der Waals surface area (Å²) in [6, 6.07) is 11.3. The fourth-order valence-electron chi connectivity index (χ4n) is 4.38. The lowest BCUT2D eigenvalue weighted by atomic mass is 10.1. The van der Waals surface area contributed by atoms with Crippen LogP contribution in [0.15, 0.2) is 42.6 Å². The van der Waals surface area contributed by atoms with Crippen LogP contribution < -0.4 is 25.4 Å². The van der Waals surface area contributed by atoms with Crippen LogP contribution in [0.4, 0.5) is 10.6 Å². The fourth-order valence-corrected chi connectivity index (χ4v) is 4.38. The molecule has 1 atom stereocenters. The highest BCUT2D eigenvalue weighted by molar-refractivity contribution is 6.00. The quantitative estimate of drug-likeness (QED) is 0.378. The van der Waals surface area contributed by atoms with E-state index < -0.39 is 0 Å². The molecule has 2 amide bonds. The maximum atomic E-state index is 12.9. The smallest absolute Gasteiger partial charge is 0.320 e. The van der Waals surface area contributed by atoms with Crippen molar-refractivity contribution in [2.24, 2.45) is 0 Å². The van der Waals surface area contributed by atoms with Gasteiger partial charge in [0.25, 0.3) is 0 Å². The molecule has 0 saturated carbocycles. The van der Waals surface area contributed by atoms with Crippen LogP contribution in [0.3, 0.4) is 0 Å². The number of urea groups is 1. The topological polar surface area (TPSA) is 115 Å². The van der Waals surface area contributed by atoms with E-state index in [1.165, 1.54) is 0 Å². The van der Waals surface area contributed by atoms with E-state index in [4.69, 9.17) is 9.47 Å². The number of para-hydroxylation sites is 1. The van der Waals surface area contributed by atoms with Gasteiger partial charge < -0.3 is 20.1 Å². The zero-order chi connectivity index (χ0) is 24.9. The molecule has 4 aromatic rings. The van der Waals surface area contributed by atoms with Crippen LogP contribution in [0.5, 0.6) is 11.5 Å². The second-order valence-electron chi connectivity index (χ2n) is 8.59. The lowest BCUT2D eigenvalue weighted by Gasteiger charge is -2.17. The molecular formula is C26H29N7O3. The van der Waals surface area contributed by atoms with Crippen molar-refractivity contribution in [1.82, 2.24) is 30.4 Å². The van der Waals surface area contributed by atoms with Gasteiger partial charge in [0.05, 0.1) is 31.4 Å². The van der Waals surface area contributed by atoms with Gasteiger partial charge >= 0.3 is 6.03 Å². The first kappa shape index (κ1) is 23.6. The summed E-state index contributed by atoms with van der Waals surface area (Å²) >= 11 is 0. The molecule has 0 aliphatic carbocycles. The lowest BCUT2D eigenvalue weighted by Crippen LogP contribution is -2.38. The predicted molar refractivity (Wildman–Crippen MR) is 140 cm³/mol. The third-order valence-corrected chi connectivity index (χ3v) is 6.23. The number of methoxy groups -OCH3 is 2. The SMILES string of the molecule is COc1cc2nc(/C=C/n3ncc4ccccc43)nc(NC(=O)NC3CCCNCC3)c2cc1OC. The molecule has 3 N–H and O–H groups in total. The summed E-state index contributed by atoms with van der Waals surface area (Å²) in [7, 11) is 3.14. The van der Waals surface area contributed by atoms with Crippen LogP contribution >= 0.6 is 0 Å². The minimum absolute atomic E-state index is 0.107. The van der Waals surface area contributed by atoms with Crippen LogP contribution in [0.25, 0.3) is 34.1 Å². The first-order chi connectivity index (χ1) is 17.6. The standard InChI is InChI=1S/C26H29N7O3/c1-35-22-14-19-20(15-23(22)36-2)30-24(10-13-33-21-8-4-3-6-17(21)16-28-33)31-25(19)32-26(34)29-18-7-5-11-27-12-9-18/h3-4,6,8,10,13-16,18,27H,5,7,9,11-12H2,1-2H3,(H2,29,30,31,32,34)/b13-10+. The second-order valence-corrected chi connectivity index (χ2v) is 8.59. The molecule has 2 aromatic carbocycles. The van der Waals surface area contributed by atoms with Gasteiger partial charge in [-0.25, -0.2) is 19.4 Å². The maximum Gasteiger partial charge on any atom is 0.320 e. The third kappa shape index (κ3) is 5.08. The Kier molecular flexibility index (Phi) is 6.94. The molecule has 0 bridgehead atoms. The number of benzene rings is 2. The molecule has 2 aromatic heterocycles.